The molecule has 2 fully saturated rings. The number of rotatable bonds is 5. The molecule has 34 heavy (non-hydrogen) atoms. The number of morpholine rings is 1. The molecule has 7 nitrogen and oxygen atoms in total. The van der Waals surface area contributed by atoms with E-state index in [2.05, 4.69) is 39.4 Å². The van der Waals surface area contributed by atoms with Crippen LogP contribution in [-0.4, -0.2) is 50.9 Å². The summed E-state index contributed by atoms with van der Waals surface area (Å²) < 4.78 is 5.42. The minimum Gasteiger partial charge on any atom is -0.397 e. The third-order valence-electron chi connectivity index (χ3n) is 6.47. The molecule has 0 radical (unpaired) electrons. The number of allylic oxidation sites excluding steroid dienone is 2. The quantitative estimate of drug-likeness (QED) is 0.660. The number of ketones is 1. The molecule has 2 aromatic carbocycles. The SMILES string of the molecule is NC1=CC(=O)C(Nc2ccc(N3CCOCC3)cc2)=C/C1=N/c1ccc(N2CCCCC2)cc1. The van der Waals surface area contributed by atoms with Crippen molar-refractivity contribution in [2.45, 2.75) is 19.3 Å². The van der Waals surface area contributed by atoms with Crippen LogP contribution in [0, 0.1) is 0 Å². The molecule has 0 bridgehead atoms. The first-order chi connectivity index (χ1) is 16.7. The predicted molar refractivity (Wildman–Crippen MR) is 138 cm³/mol. The Balaban J connectivity index is 1.30. The number of anilines is 3. The van der Waals surface area contributed by atoms with Crippen LogP contribution < -0.4 is 20.9 Å². The van der Waals surface area contributed by atoms with Gasteiger partial charge in [0.2, 0.25) is 5.78 Å². The van der Waals surface area contributed by atoms with Gasteiger partial charge in [0.15, 0.2) is 0 Å². The van der Waals surface area contributed by atoms with Gasteiger partial charge in [-0.05, 0) is 73.9 Å². The number of aliphatic imine (C=N–C) groups is 1. The van der Waals surface area contributed by atoms with Gasteiger partial charge < -0.3 is 25.6 Å². The summed E-state index contributed by atoms with van der Waals surface area (Å²) in [6.07, 6.45) is 6.97. The number of hydrogen-bond donors (Lipinski definition) is 2. The molecular formula is C27H31N5O2. The van der Waals surface area contributed by atoms with Crippen molar-refractivity contribution in [3.05, 3.63) is 72.1 Å². The molecule has 1 aliphatic carbocycles. The monoisotopic (exact) mass is 457 g/mol. The molecule has 0 amide bonds. The van der Waals surface area contributed by atoms with Crippen LogP contribution in [0.15, 0.2) is 77.1 Å². The van der Waals surface area contributed by atoms with E-state index in [0.29, 0.717) is 17.1 Å². The molecule has 2 aliphatic heterocycles. The van der Waals surface area contributed by atoms with Crippen molar-refractivity contribution in [2.24, 2.45) is 10.7 Å². The van der Waals surface area contributed by atoms with Crippen molar-refractivity contribution in [1.29, 1.82) is 0 Å². The zero-order valence-electron chi connectivity index (χ0n) is 19.4. The molecule has 0 spiro atoms. The Morgan fingerprint density at radius 3 is 2.09 bits per heavy atom. The van der Waals surface area contributed by atoms with Crippen LogP contribution in [0.25, 0.3) is 0 Å². The Bertz CT molecular complexity index is 1110. The first-order valence-electron chi connectivity index (χ1n) is 12.0. The lowest BCUT2D eigenvalue weighted by Crippen LogP contribution is -2.36. The van der Waals surface area contributed by atoms with Gasteiger partial charge in [-0.1, -0.05) is 0 Å². The topological polar surface area (TPSA) is 83.2 Å². The zero-order chi connectivity index (χ0) is 23.3. The molecule has 7 heteroatoms. The number of piperidine rings is 1. The van der Waals surface area contributed by atoms with Crippen molar-refractivity contribution < 1.29 is 9.53 Å². The fraction of sp³-hybridized carbons (Fsp3) is 0.333. The highest BCUT2D eigenvalue weighted by atomic mass is 16.5. The lowest BCUT2D eigenvalue weighted by Gasteiger charge is -2.29. The summed E-state index contributed by atoms with van der Waals surface area (Å²) >= 11 is 0. The minimum absolute atomic E-state index is 0.158. The highest BCUT2D eigenvalue weighted by molar-refractivity contribution is 6.23. The van der Waals surface area contributed by atoms with E-state index in [9.17, 15) is 4.79 Å². The highest BCUT2D eigenvalue weighted by Crippen LogP contribution is 2.25. The highest BCUT2D eigenvalue weighted by Gasteiger charge is 2.18. The van der Waals surface area contributed by atoms with Gasteiger partial charge in [-0.25, -0.2) is 4.99 Å². The van der Waals surface area contributed by atoms with Crippen LogP contribution in [0.1, 0.15) is 19.3 Å². The molecule has 3 aliphatic rings. The Morgan fingerprint density at radius 2 is 1.41 bits per heavy atom. The summed E-state index contributed by atoms with van der Waals surface area (Å²) in [6, 6.07) is 16.3. The second kappa shape index (κ2) is 10.1. The lowest BCUT2D eigenvalue weighted by atomic mass is 10.1. The first-order valence-corrected chi connectivity index (χ1v) is 12.0. The van der Waals surface area contributed by atoms with Gasteiger partial charge >= 0.3 is 0 Å². The van der Waals surface area contributed by atoms with Crippen LogP contribution in [-0.2, 0) is 9.53 Å². The fourth-order valence-corrected chi connectivity index (χ4v) is 4.54. The number of nitrogens with zero attached hydrogens (tertiary/aromatic N) is 3. The number of ether oxygens (including phenoxy) is 1. The molecule has 176 valence electrons. The maximum Gasteiger partial charge on any atom is 0.204 e. The van der Waals surface area contributed by atoms with Crippen LogP contribution in [0.4, 0.5) is 22.7 Å². The molecule has 2 aromatic rings. The largest absolute Gasteiger partial charge is 0.397 e. The standard InChI is InChI=1S/C27H31N5O2/c28-24-18-27(33)26(30-21-6-10-23(11-7-21)32-14-16-34-17-15-32)19-25(24)29-20-4-8-22(9-5-20)31-12-2-1-3-13-31/h4-11,18-19,30H,1-3,12-17,28H2/b29-25-. The summed E-state index contributed by atoms with van der Waals surface area (Å²) in [5.41, 5.74) is 11.6. The summed E-state index contributed by atoms with van der Waals surface area (Å²) in [5.74, 6) is -0.158. The van der Waals surface area contributed by atoms with Gasteiger partial charge in [0.25, 0.3) is 0 Å². The van der Waals surface area contributed by atoms with Crippen LogP contribution in [0.5, 0.6) is 0 Å². The third kappa shape index (κ3) is 5.15. The van der Waals surface area contributed by atoms with Crippen molar-refractivity contribution in [3.63, 3.8) is 0 Å². The van der Waals surface area contributed by atoms with Crippen molar-refractivity contribution >= 4 is 34.2 Å². The number of nitrogens with two attached hydrogens (primary N) is 1. The molecular weight excluding hydrogens is 426 g/mol. The molecule has 2 saturated heterocycles. The van der Waals surface area contributed by atoms with Gasteiger partial charge in [0.1, 0.15) is 0 Å². The maximum atomic E-state index is 12.6. The number of carbonyl (C=O) groups is 1. The number of benzene rings is 2. The maximum absolute atomic E-state index is 12.6. The number of nitrogens with one attached hydrogen (secondary N) is 1. The Morgan fingerprint density at radius 1 is 0.794 bits per heavy atom. The van der Waals surface area contributed by atoms with E-state index in [4.69, 9.17) is 15.5 Å². The molecule has 2 heterocycles. The van der Waals surface area contributed by atoms with Crippen molar-refractivity contribution in [2.75, 3.05) is 54.5 Å². The van der Waals surface area contributed by atoms with Crippen LogP contribution in [0.3, 0.4) is 0 Å². The van der Waals surface area contributed by atoms with Gasteiger partial charge in [0.05, 0.1) is 36.0 Å². The van der Waals surface area contributed by atoms with E-state index in [1.54, 1.807) is 6.08 Å². The molecule has 3 N–H and O–H groups in total. The van der Waals surface area contributed by atoms with Gasteiger partial charge in [-0.2, -0.15) is 0 Å². The second-order valence-corrected chi connectivity index (χ2v) is 8.85. The summed E-state index contributed by atoms with van der Waals surface area (Å²) in [7, 11) is 0. The average Bonchev–Trinajstić information content (AvgIpc) is 2.89. The molecule has 0 atom stereocenters. The normalized spacial score (nSPS) is 20.2. The number of carbonyl (C=O) groups excluding carboxylic acids is 1. The summed E-state index contributed by atoms with van der Waals surface area (Å²) in [6.45, 7) is 5.49. The van der Waals surface area contributed by atoms with Gasteiger partial charge in [-0.15, -0.1) is 0 Å². The fourth-order valence-electron chi connectivity index (χ4n) is 4.54. The molecule has 0 unspecified atom stereocenters. The van der Waals surface area contributed by atoms with E-state index < -0.39 is 0 Å². The summed E-state index contributed by atoms with van der Waals surface area (Å²) in [4.78, 5) is 22.0. The first kappa shape index (κ1) is 22.2. The van der Waals surface area contributed by atoms with Crippen molar-refractivity contribution in [3.8, 4) is 0 Å². The number of hydrogen-bond acceptors (Lipinski definition) is 7. The summed E-state index contributed by atoms with van der Waals surface area (Å²) in [5, 5.41) is 3.23. The van der Waals surface area contributed by atoms with Crippen LogP contribution >= 0.6 is 0 Å². The minimum atomic E-state index is -0.158. The predicted octanol–water partition coefficient (Wildman–Crippen LogP) is 4.01. The van der Waals surface area contributed by atoms with E-state index in [-0.39, 0.29) is 5.78 Å². The Hall–Kier alpha value is -3.58. The van der Waals surface area contributed by atoms with E-state index in [1.807, 2.05) is 24.3 Å². The van der Waals surface area contributed by atoms with Crippen LogP contribution in [0.2, 0.25) is 0 Å². The smallest absolute Gasteiger partial charge is 0.204 e. The lowest BCUT2D eigenvalue weighted by molar-refractivity contribution is -0.111. The molecule has 0 saturated carbocycles. The second-order valence-electron chi connectivity index (χ2n) is 8.85. The van der Waals surface area contributed by atoms with E-state index >= 15 is 0 Å². The molecule has 0 aromatic heterocycles. The van der Waals surface area contributed by atoms with Gasteiger partial charge in [0, 0.05) is 49.3 Å². The third-order valence-corrected chi connectivity index (χ3v) is 6.47. The van der Waals surface area contributed by atoms with Crippen molar-refractivity contribution in [1.82, 2.24) is 0 Å². The average molecular weight is 458 g/mol. The van der Waals surface area contributed by atoms with E-state index in [1.165, 1.54) is 31.0 Å². The zero-order valence-corrected chi connectivity index (χ0v) is 19.4. The van der Waals surface area contributed by atoms with E-state index in [0.717, 1.165) is 56.5 Å². The Kier molecular flexibility index (Phi) is 6.62. The molecule has 5 rings (SSSR count). The van der Waals surface area contributed by atoms with Gasteiger partial charge in [-0.3, -0.25) is 4.79 Å². The Labute approximate surface area is 200 Å².